The molecule has 0 heterocycles. The van der Waals surface area contributed by atoms with Crippen molar-refractivity contribution in [3.63, 3.8) is 0 Å². The fraction of sp³-hybridized carbons (Fsp3) is 0.235. The molecule has 0 aromatic heterocycles. The van der Waals surface area contributed by atoms with E-state index in [4.69, 9.17) is 0 Å². The van der Waals surface area contributed by atoms with Gasteiger partial charge in [0.2, 0.25) is 0 Å². The topological polar surface area (TPSA) is 56.1 Å². The first-order valence-corrected chi connectivity index (χ1v) is 6.90. The Morgan fingerprint density at radius 1 is 1.00 bits per heavy atom. The highest BCUT2D eigenvalue weighted by Crippen LogP contribution is 2.17. The number of benzene rings is 2. The van der Waals surface area contributed by atoms with E-state index in [1.54, 1.807) is 24.4 Å². The van der Waals surface area contributed by atoms with Gasteiger partial charge in [0.25, 0.3) is 0 Å². The highest BCUT2D eigenvalue weighted by molar-refractivity contribution is 5.83. The zero-order valence-corrected chi connectivity index (χ0v) is 12.1. The molecule has 110 valence electrons. The number of phenolic OH excluding ortho intramolecular Hbond substituents is 2. The van der Waals surface area contributed by atoms with Crippen LogP contribution in [-0.4, -0.2) is 41.5 Å². The van der Waals surface area contributed by atoms with Crippen LogP contribution in [0.4, 0.5) is 0 Å². The highest BCUT2D eigenvalue weighted by atomic mass is 16.3. The molecule has 0 saturated carbocycles. The van der Waals surface area contributed by atoms with Crippen LogP contribution in [0.1, 0.15) is 11.1 Å². The third-order valence-electron chi connectivity index (χ3n) is 3.21. The van der Waals surface area contributed by atoms with Gasteiger partial charge in [-0.3, -0.25) is 4.99 Å². The van der Waals surface area contributed by atoms with E-state index in [9.17, 15) is 10.2 Å². The number of aliphatic imine (C=N–C) groups is 1. The van der Waals surface area contributed by atoms with Crippen molar-refractivity contribution >= 4 is 6.21 Å². The van der Waals surface area contributed by atoms with E-state index in [1.807, 2.05) is 37.4 Å². The molecule has 0 radical (unpaired) electrons. The van der Waals surface area contributed by atoms with Gasteiger partial charge in [-0.1, -0.05) is 30.3 Å². The number of hydrogen-bond acceptors (Lipinski definition) is 4. The van der Waals surface area contributed by atoms with Crippen molar-refractivity contribution in [2.24, 2.45) is 4.99 Å². The normalized spacial score (nSPS) is 11.3. The monoisotopic (exact) mass is 284 g/mol. The minimum absolute atomic E-state index is 0.240. The van der Waals surface area contributed by atoms with Crippen LogP contribution in [-0.2, 0) is 6.54 Å². The first-order chi connectivity index (χ1) is 10.2. The van der Waals surface area contributed by atoms with Crippen LogP contribution in [0.15, 0.2) is 53.5 Å². The Morgan fingerprint density at radius 2 is 1.67 bits per heavy atom. The summed E-state index contributed by atoms with van der Waals surface area (Å²) < 4.78 is 0. The van der Waals surface area contributed by atoms with Gasteiger partial charge in [0, 0.05) is 30.4 Å². The van der Waals surface area contributed by atoms with Gasteiger partial charge in [0.05, 0.1) is 6.54 Å². The third-order valence-corrected chi connectivity index (χ3v) is 3.21. The summed E-state index contributed by atoms with van der Waals surface area (Å²) in [6.07, 6.45) is 1.68. The summed E-state index contributed by atoms with van der Waals surface area (Å²) in [4.78, 5) is 6.41. The Morgan fingerprint density at radius 3 is 2.38 bits per heavy atom. The fourth-order valence-electron chi connectivity index (χ4n) is 2.00. The summed E-state index contributed by atoms with van der Waals surface area (Å²) in [7, 11) is 1.99. The molecule has 0 aliphatic rings. The Bertz CT molecular complexity index is 611. The van der Waals surface area contributed by atoms with Crippen molar-refractivity contribution in [2.45, 2.75) is 6.54 Å². The van der Waals surface area contributed by atoms with Crippen molar-refractivity contribution in [3.8, 4) is 11.5 Å². The second-order valence-corrected chi connectivity index (χ2v) is 4.96. The lowest BCUT2D eigenvalue weighted by atomic mass is 10.2. The predicted octanol–water partition coefficient (Wildman–Crippen LogP) is 2.65. The molecule has 0 unspecified atom stereocenters. The van der Waals surface area contributed by atoms with Gasteiger partial charge in [0.15, 0.2) is 0 Å². The average Bonchev–Trinajstić information content (AvgIpc) is 2.48. The molecule has 0 aliphatic carbocycles. The number of hydrogen-bond donors (Lipinski definition) is 2. The zero-order valence-electron chi connectivity index (χ0n) is 12.1. The Hall–Kier alpha value is -2.33. The predicted molar refractivity (Wildman–Crippen MR) is 85.0 cm³/mol. The summed E-state index contributed by atoms with van der Waals surface area (Å²) >= 11 is 0. The summed E-state index contributed by atoms with van der Waals surface area (Å²) in [5.41, 5.74) is 1.63. The van der Waals surface area contributed by atoms with E-state index in [-0.39, 0.29) is 5.75 Å². The number of para-hydroxylation sites is 2. The van der Waals surface area contributed by atoms with Gasteiger partial charge in [0.1, 0.15) is 11.5 Å². The van der Waals surface area contributed by atoms with Crippen molar-refractivity contribution in [3.05, 3.63) is 59.7 Å². The van der Waals surface area contributed by atoms with Crippen LogP contribution in [0.25, 0.3) is 0 Å². The number of nitrogens with zero attached hydrogens (tertiary/aromatic N) is 2. The molecule has 0 spiro atoms. The van der Waals surface area contributed by atoms with E-state index in [0.717, 1.165) is 17.7 Å². The van der Waals surface area contributed by atoms with Crippen LogP contribution in [0, 0.1) is 0 Å². The van der Waals surface area contributed by atoms with E-state index >= 15 is 0 Å². The molecule has 2 aromatic carbocycles. The number of phenols is 2. The van der Waals surface area contributed by atoms with Crippen LogP contribution in [0.2, 0.25) is 0 Å². The smallest absolute Gasteiger partial charge is 0.124 e. The Labute approximate surface area is 125 Å². The second-order valence-electron chi connectivity index (χ2n) is 4.96. The minimum Gasteiger partial charge on any atom is -0.508 e. The fourth-order valence-corrected chi connectivity index (χ4v) is 2.00. The lowest BCUT2D eigenvalue weighted by molar-refractivity contribution is 0.329. The molecule has 2 N–H and O–H groups in total. The summed E-state index contributed by atoms with van der Waals surface area (Å²) in [6.45, 7) is 2.09. The van der Waals surface area contributed by atoms with Gasteiger partial charge in [-0.05, 0) is 25.2 Å². The molecular weight excluding hydrogens is 264 g/mol. The van der Waals surface area contributed by atoms with E-state index in [1.165, 1.54) is 0 Å². The van der Waals surface area contributed by atoms with Gasteiger partial charge in [-0.2, -0.15) is 0 Å². The molecule has 0 amide bonds. The largest absolute Gasteiger partial charge is 0.508 e. The maximum absolute atomic E-state index is 9.73. The lowest BCUT2D eigenvalue weighted by Gasteiger charge is -2.16. The molecule has 0 saturated heterocycles. The number of likely N-dealkylation sites (N-methyl/N-ethyl adjacent to an activating group) is 1. The zero-order chi connectivity index (χ0) is 15.1. The molecule has 4 heteroatoms. The van der Waals surface area contributed by atoms with Gasteiger partial charge >= 0.3 is 0 Å². The first-order valence-electron chi connectivity index (χ1n) is 6.90. The molecule has 0 fully saturated rings. The molecule has 0 atom stereocenters. The molecule has 0 bridgehead atoms. The van der Waals surface area contributed by atoms with E-state index in [0.29, 0.717) is 18.8 Å². The molecule has 21 heavy (non-hydrogen) atoms. The van der Waals surface area contributed by atoms with E-state index in [2.05, 4.69) is 9.89 Å². The minimum atomic E-state index is 0.240. The van der Waals surface area contributed by atoms with E-state index < -0.39 is 0 Å². The SMILES string of the molecule is CN(CCN=Cc1ccccc1O)Cc1ccccc1O. The maximum Gasteiger partial charge on any atom is 0.124 e. The van der Waals surface area contributed by atoms with Gasteiger partial charge < -0.3 is 15.1 Å². The van der Waals surface area contributed by atoms with Gasteiger partial charge in [-0.15, -0.1) is 0 Å². The van der Waals surface area contributed by atoms with Crippen molar-refractivity contribution in [1.82, 2.24) is 4.90 Å². The Balaban J connectivity index is 1.81. The lowest BCUT2D eigenvalue weighted by Crippen LogP contribution is -2.21. The summed E-state index contributed by atoms with van der Waals surface area (Å²) in [5.74, 6) is 0.561. The van der Waals surface area contributed by atoms with Crippen molar-refractivity contribution in [1.29, 1.82) is 0 Å². The molecule has 4 nitrogen and oxygen atoms in total. The van der Waals surface area contributed by atoms with Crippen LogP contribution in [0.5, 0.6) is 11.5 Å². The van der Waals surface area contributed by atoms with Crippen LogP contribution >= 0.6 is 0 Å². The first kappa shape index (κ1) is 15.1. The van der Waals surface area contributed by atoms with Crippen LogP contribution < -0.4 is 0 Å². The second kappa shape index (κ2) is 7.45. The molecule has 0 aliphatic heterocycles. The molecule has 2 aromatic rings. The maximum atomic E-state index is 9.73. The standard InChI is InChI=1S/C17H20N2O2/c1-19(13-15-7-3-5-9-17(15)21)11-10-18-12-14-6-2-4-8-16(14)20/h2-9,12,20-21H,10-11,13H2,1H3. The summed E-state index contributed by atoms with van der Waals surface area (Å²) in [6, 6.07) is 14.5. The molecular formula is C17H20N2O2. The number of rotatable bonds is 6. The Kier molecular flexibility index (Phi) is 5.35. The quantitative estimate of drug-likeness (QED) is 0.802. The molecule has 2 rings (SSSR count). The number of aromatic hydroxyl groups is 2. The van der Waals surface area contributed by atoms with Crippen LogP contribution in [0.3, 0.4) is 0 Å². The van der Waals surface area contributed by atoms with Crippen molar-refractivity contribution in [2.75, 3.05) is 20.1 Å². The third kappa shape index (κ3) is 4.61. The van der Waals surface area contributed by atoms with Gasteiger partial charge in [-0.25, -0.2) is 0 Å². The highest BCUT2D eigenvalue weighted by Gasteiger charge is 2.03. The average molecular weight is 284 g/mol. The summed E-state index contributed by atoms with van der Waals surface area (Å²) in [5, 5.41) is 19.3. The van der Waals surface area contributed by atoms with Crippen molar-refractivity contribution < 1.29 is 10.2 Å².